The predicted molar refractivity (Wildman–Crippen MR) is 100 cm³/mol. The number of halogens is 3. The summed E-state index contributed by atoms with van der Waals surface area (Å²) in [6, 6.07) is 12.4. The Bertz CT molecular complexity index is 829. The van der Waals surface area contributed by atoms with E-state index in [9.17, 15) is 18.0 Å². The summed E-state index contributed by atoms with van der Waals surface area (Å²) in [5, 5.41) is 3.87. The Kier molecular flexibility index (Phi) is 6.30. The molecular weight excluding hydrogens is 371 g/mol. The molecule has 1 N–H and O–H groups in total. The van der Waals surface area contributed by atoms with Crippen LogP contribution in [0.4, 0.5) is 18.9 Å². The summed E-state index contributed by atoms with van der Waals surface area (Å²) in [5.41, 5.74) is 3.73. The zero-order valence-electron chi connectivity index (χ0n) is 15.1. The number of hydrazone groups is 1. The lowest BCUT2D eigenvalue weighted by atomic mass is 10.1. The Morgan fingerprint density at radius 2 is 1.86 bits per heavy atom. The minimum absolute atomic E-state index is 0.183. The normalized spacial score (nSPS) is 15.0. The van der Waals surface area contributed by atoms with Crippen molar-refractivity contribution in [3.8, 4) is 0 Å². The van der Waals surface area contributed by atoms with Crippen molar-refractivity contribution in [3.05, 3.63) is 65.2 Å². The number of alkyl halides is 3. The highest BCUT2D eigenvalue weighted by Crippen LogP contribution is 2.29. The van der Waals surface area contributed by atoms with Gasteiger partial charge in [-0.1, -0.05) is 30.3 Å². The standard InChI is InChI=1S/C20H20F3N3O2/c21-20(22,23)17-3-1-2-16(12-17)13-19(27)25-24-14-15-4-6-18(7-5-15)26-8-10-28-11-9-26/h1-7,12,14H,8-11,13H2,(H,25,27)/b24-14-. The summed E-state index contributed by atoms with van der Waals surface area (Å²) >= 11 is 0. The molecule has 0 aliphatic carbocycles. The molecular formula is C20H20F3N3O2. The highest BCUT2D eigenvalue weighted by Gasteiger charge is 2.30. The minimum atomic E-state index is -4.43. The van der Waals surface area contributed by atoms with E-state index in [0.717, 1.165) is 36.5 Å². The lowest BCUT2D eigenvalue weighted by Crippen LogP contribution is -2.36. The number of hydrogen-bond acceptors (Lipinski definition) is 4. The third kappa shape index (κ3) is 5.56. The molecule has 1 heterocycles. The van der Waals surface area contributed by atoms with Crippen LogP contribution in [0.2, 0.25) is 0 Å². The number of rotatable bonds is 5. The van der Waals surface area contributed by atoms with Crippen molar-refractivity contribution in [2.24, 2.45) is 5.10 Å². The molecule has 0 aromatic heterocycles. The van der Waals surface area contributed by atoms with Gasteiger partial charge in [-0.2, -0.15) is 18.3 Å². The van der Waals surface area contributed by atoms with E-state index in [0.29, 0.717) is 13.2 Å². The molecule has 1 aliphatic rings. The number of carbonyl (C=O) groups is 1. The molecule has 1 saturated heterocycles. The molecule has 3 rings (SSSR count). The number of benzene rings is 2. The van der Waals surface area contributed by atoms with Gasteiger partial charge in [0.1, 0.15) is 0 Å². The number of hydrogen-bond donors (Lipinski definition) is 1. The third-order valence-corrected chi connectivity index (χ3v) is 4.29. The van der Waals surface area contributed by atoms with E-state index in [1.54, 1.807) is 0 Å². The second-order valence-corrected chi connectivity index (χ2v) is 6.36. The van der Waals surface area contributed by atoms with E-state index in [2.05, 4.69) is 15.4 Å². The van der Waals surface area contributed by atoms with Crippen LogP contribution in [-0.4, -0.2) is 38.4 Å². The van der Waals surface area contributed by atoms with Crippen LogP contribution in [0.1, 0.15) is 16.7 Å². The van der Waals surface area contributed by atoms with Gasteiger partial charge >= 0.3 is 6.18 Å². The van der Waals surface area contributed by atoms with E-state index >= 15 is 0 Å². The van der Waals surface area contributed by atoms with E-state index in [1.165, 1.54) is 18.3 Å². The Morgan fingerprint density at radius 3 is 2.54 bits per heavy atom. The molecule has 5 nitrogen and oxygen atoms in total. The van der Waals surface area contributed by atoms with Crippen LogP contribution in [0.5, 0.6) is 0 Å². The fourth-order valence-corrected chi connectivity index (χ4v) is 2.85. The van der Waals surface area contributed by atoms with Gasteiger partial charge in [-0.25, -0.2) is 5.43 Å². The van der Waals surface area contributed by atoms with Crippen LogP contribution in [0, 0.1) is 0 Å². The Morgan fingerprint density at radius 1 is 1.14 bits per heavy atom. The van der Waals surface area contributed by atoms with Gasteiger partial charge in [0, 0.05) is 18.8 Å². The quantitative estimate of drug-likeness (QED) is 0.629. The maximum Gasteiger partial charge on any atom is 0.416 e. The highest BCUT2D eigenvalue weighted by molar-refractivity contribution is 5.83. The number of amides is 1. The lowest BCUT2D eigenvalue weighted by molar-refractivity contribution is -0.137. The molecule has 2 aromatic rings. The number of nitrogens with one attached hydrogen (secondary N) is 1. The fourth-order valence-electron chi connectivity index (χ4n) is 2.85. The van der Waals surface area contributed by atoms with Crippen LogP contribution in [0.25, 0.3) is 0 Å². The maximum atomic E-state index is 12.7. The van der Waals surface area contributed by atoms with Gasteiger partial charge in [0.05, 0.1) is 31.4 Å². The van der Waals surface area contributed by atoms with Crippen molar-refractivity contribution in [3.63, 3.8) is 0 Å². The summed E-state index contributed by atoms with van der Waals surface area (Å²) in [5.74, 6) is -0.486. The monoisotopic (exact) mass is 391 g/mol. The highest BCUT2D eigenvalue weighted by atomic mass is 19.4. The van der Waals surface area contributed by atoms with Crippen LogP contribution in [0.15, 0.2) is 53.6 Å². The number of ether oxygens (including phenoxy) is 1. The van der Waals surface area contributed by atoms with Crippen molar-refractivity contribution in [1.29, 1.82) is 0 Å². The molecule has 1 amide bonds. The topological polar surface area (TPSA) is 53.9 Å². The van der Waals surface area contributed by atoms with Crippen LogP contribution < -0.4 is 10.3 Å². The minimum Gasteiger partial charge on any atom is -0.378 e. The van der Waals surface area contributed by atoms with Crippen molar-refractivity contribution in [1.82, 2.24) is 5.43 Å². The molecule has 0 spiro atoms. The molecule has 0 saturated carbocycles. The second kappa shape index (κ2) is 8.88. The van der Waals surface area contributed by atoms with Crippen molar-refractivity contribution < 1.29 is 22.7 Å². The first-order chi connectivity index (χ1) is 13.4. The van der Waals surface area contributed by atoms with Gasteiger partial charge in [-0.3, -0.25) is 4.79 Å². The van der Waals surface area contributed by atoms with Crippen molar-refractivity contribution in [2.75, 3.05) is 31.2 Å². The van der Waals surface area contributed by atoms with Crippen LogP contribution in [0.3, 0.4) is 0 Å². The fraction of sp³-hybridized carbons (Fsp3) is 0.300. The van der Waals surface area contributed by atoms with Crippen molar-refractivity contribution in [2.45, 2.75) is 12.6 Å². The van der Waals surface area contributed by atoms with E-state index in [-0.39, 0.29) is 12.0 Å². The molecule has 8 heteroatoms. The number of anilines is 1. The maximum absolute atomic E-state index is 12.7. The number of morpholine rings is 1. The van der Waals surface area contributed by atoms with Crippen LogP contribution in [-0.2, 0) is 22.1 Å². The Labute approximate surface area is 160 Å². The first-order valence-electron chi connectivity index (χ1n) is 8.82. The summed E-state index contributed by atoms with van der Waals surface area (Å²) in [6.45, 7) is 3.11. The average Bonchev–Trinajstić information content (AvgIpc) is 2.69. The van der Waals surface area contributed by atoms with Crippen LogP contribution >= 0.6 is 0 Å². The number of carbonyl (C=O) groups excluding carboxylic acids is 1. The Hall–Kier alpha value is -2.87. The predicted octanol–water partition coefficient (Wildman–Crippen LogP) is 3.23. The van der Waals surface area contributed by atoms with Gasteiger partial charge in [0.15, 0.2) is 0 Å². The molecule has 0 atom stereocenters. The van der Waals surface area contributed by atoms with Gasteiger partial charge < -0.3 is 9.64 Å². The lowest BCUT2D eigenvalue weighted by Gasteiger charge is -2.28. The largest absolute Gasteiger partial charge is 0.416 e. The smallest absolute Gasteiger partial charge is 0.378 e. The molecule has 148 valence electrons. The van der Waals surface area contributed by atoms with Gasteiger partial charge in [0.2, 0.25) is 5.91 Å². The first kappa shape index (κ1) is 19.9. The van der Waals surface area contributed by atoms with Gasteiger partial charge in [0.25, 0.3) is 0 Å². The molecule has 0 radical (unpaired) electrons. The molecule has 28 heavy (non-hydrogen) atoms. The third-order valence-electron chi connectivity index (χ3n) is 4.29. The van der Waals surface area contributed by atoms with E-state index in [1.807, 2.05) is 24.3 Å². The van der Waals surface area contributed by atoms with Gasteiger partial charge in [-0.05, 0) is 29.3 Å². The molecule has 1 fully saturated rings. The summed E-state index contributed by atoms with van der Waals surface area (Å²) in [4.78, 5) is 14.1. The summed E-state index contributed by atoms with van der Waals surface area (Å²) in [7, 11) is 0. The van der Waals surface area contributed by atoms with E-state index < -0.39 is 17.6 Å². The van der Waals surface area contributed by atoms with E-state index in [4.69, 9.17) is 4.74 Å². The number of nitrogens with zero attached hydrogens (tertiary/aromatic N) is 2. The zero-order valence-corrected chi connectivity index (χ0v) is 15.1. The summed E-state index contributed by atoms with van der Waals surface area (Å²) < 4.78 is 43.5. The first-order valence-corrected chi connectivity index (χ1v) is 8.82. The Balaban J connectivity index is 1.52. The molecule has 0 bridgehead atoms. The molecule has 2 aromatic carbocycles. The second-order valence-electron chi connectivity index (χ2n) is 6.36. The molecule has 0 unspecified atom stereocenters. The average molecular weight is 391 g/mol. The van der Waals surface area contributed by atoms with Gasteiger partial charge in [-0.15, -0.1) is 0 Å². The summed E-state index contributed by atoms with van der Waals surface area (Å²) in [6.07, 6.45) is -3.12. The zero-order chi connectivity index (χ0) is 20.0. The molecule has 1 aliphatic heterocycles. The SMILES string of the molecule is O=C(Cc1cccc(C(F)(F)F)c1)N/N=C\c1ccc(N2CCOCC2)cc1. The van der Waals surface area contributed by atoms with Crippen molar-refractivity contribution >= 4 is 17.8 Å².